The van der Waals surface area contributed by atoms with Crippen molar-refractivity contribution in [1.29, 1.82) is 0 Å². The van der Waals surface area contributed by atoms with Crippen molar-refractivity contribution in [2.45, 2.75) is 24.5 Å². The third-order valence-corrected chi connectivity index (χ3v) is 7.59. The van der Waals surface area contributed by atoms with Crippen molar-refractivity contribution in [3.63, 3.8) is 0 Å². The molecule has 12 nitrogen and oxygen atoms in total. The Morgan fingerprint density at radius 1 is 1.19 bits per heavy atom. The quantitative estimate of drug-likeness (QED) is 0.353. The third-order valence-electron chi connectivity index (χ3n) is 7.59. The summed E-state index contributed by atoms with van der Waals surface area (Å²) in [6.45, 7) is 0. The fourth-order valence-electron chi connectivity index (χ4n) is 6.10. The zero-order valence-corrected chi connectivity index (χ0v) is 20.1. The molecular formula is C24H26N4O8. The van der Waals surface area contributed by atoms with Crippen LogP contribution in [0.3, 0.4) is 0 Å². The van der Waals surface area contributed by atoms with Gasteiger partial charge in [-0.2, -0.15) is 0 Å². The smallest absolute Gasteiger partial charge is 0.417 e. The molecule has 0 saturated heterocycles. The number of hydrogen-bond acceptors (Lipinski definition) is 10. The summed E-state index contributed by atoms with van der Waals surface area (Å²) in [6.07, 6.45) is 0.265. The van der Waals surface area contributed by atoms with E-state index >= 15 is 0 Å². The zero-order valence-electron chi connectivity index (χ0n) is 20.1. The van der Waals surface area contributed by atoms with Crippen molar-refractivity contribution in [1.82, 2.24) is 9.88 Å². The van der Waals surface area contributed by atoms with E-state index in [4.69, 9.17) is 10.2 Å². The number of rotatable bonds is 3. The predicted molar refractivity (Wildman–Crippen MR) is 127 cm³/mol. The third kappa shape index (κ3) is 2.88. The Bertz CT molecular complexity index is 1490. The maximum Gasteiger partial charge on any atom is 0.417 e. The number of fused-ring (bicyclic) bond motifs is 5. The lowest BCUT2D eigenvalue weighted by Crippen LogP contribution is -2.65. The van der Waals surface area contributed by atoms with Crippen LogP contribution in [0, 0.1) is 11.8 Å². The van der Waals surface area contributed by atoms with Gasteiger partial charge in [-0.25, -0.2) is 4.79 Å². The van der Waals surface area contributed by atoms with E-state index in [1.165, 1.54) is 4.90 Å². The number of primary amides is 1. The SMILES string of the molecule is CN(C)c1cc2[nH]c(=O)oc2c2c1CC1C[C@H]3C(N(C)C)C(=O)C(C(N)=O)=C(O)[C@@]3(O)C(=O)C1=C2O. The van der Waals surface area contributed by atoms with Crippen molar-refractivity contribution >= 4 is 40.0 Å². The molecule has 1 aromatic heterocycles. The first-order chi connectivity index (χ1) is 16.8. The van der Waals surface area contributed by atoms with E-state index in [2.05, 4.69) is 4.98 Å². The Kier molecular flexibility index (Phi) is 4.99. The average molecular weight is 498 g/mol. The fourth-order valence-corrected chi connectivity index (χ4v) is 6.10. The number of amides is 1. The molecule has 2 unspecified atom stereocenters. The molecule has 1 saturated carbocycles. The predicted octanol–water partition coefficient (Wildman–Crippen LogP) is -0.241. The standard InChI is InChI=1S/C24H26N4O8/c1-27(2)12-7-11-19(36-23(34)26-11)14-9(12)5-8-6-10-16(28(3)4)18(30)15(22(25)33)21(32)24(10,35)20(31)13(8)17(14)29/h7-8,10,16,29,32,35H,5-6H2,1-4H3,(H2,25,33)(H,26,34)/t8?,10-,16?,24-/m0/s1. The first-order valence-corrected chi connectivity index (χ1v) is 11.3. The monoisotopic (exact) mass is 498 g/mol. The zero-order chi connectivity index (χ0) is 26.4. The first kappa shape index (κ1) is 23.8. The molecule has 1 aromatic carbocycles. The number of H-pyrrole nitrogens is 1. The summed E-state index contributed by atoms with van der Waals surface area (Å²) in [5.74, 6) is -7.20. The number of Topliss-reactive ketones (excluding diaryl/α,β-unsaturated/α-hetero) is 2. The number of nitrogens with zero attached hydrogens (tertiary/aromatic N) is 2. The molecule has 1 heterocycles. The lowest BCUT2D eigenvalue weighted by Gasteiger charge is -2.50. The molecule has 5 rings (SSSR count). The molecule has 36 heavy (non-hydrogen) atoms. The van der Waals surface area contributed by atoms with Gasteiger partial charge in [0.15, 0.2) is 17.0 Å². The number of benzene rings is 1. The molecule has 12 heteroatoms. The lowest BCUT2D eigenvalue weighted by molar-refractivity contribution is -0.153. The van der Waals surface area contributed by atoms with Gasteiger partial charge < -0.3 is 30.4 Å². The number of oxazole rings is 1. The molecule has 1 amide bonds. The highest BCUT2D eigenvalue weighted by atomic mass is 16.4. The Hall–Kier alpha value is -3.90. The van der Waals surface area contributed by atoms with Crippen LogP contribution in [0.2, 0.25) is 0 Å². The van der Waals surface area contributed by atoms with Gasteiger partial charge in [-0.3, -0.25) is 24.3 Å². The minimum atomic E-state index is -2.66. The van der Waals surface area contributed by atoms with Crippen molar-refractivity contribution in [2.24, 2.45) is 17.6 Å². The van der Waals surface area contributed by atoms with Gasteiger partial charge >= 0.3 is 5.76 Å². The molecule has 0 bridgehead atoms. The number of likely N-dealkylation sites (N-methyl/N-ethyl adjacent to an activating group) is 1. The number of nitrogens with two attached hydrogens (primary N) is 1. The number of nitrogens with one attached hydrogen (secondary N) is 1. The van der Waals surface area contributed by atoms with E-state index in [-0.39, 0.29) is 29.6 Å². The highest BCUT2D eigenvalue weighted by molar-refractivity contribution is 6.24. The number of aromatic amines is 1. The van der Waals surface area contributed by atoms with Crippen LogP contribution in [-0.4, -0.2) is 82.5 Å². The highest BCUT2D eigenvalue weighted by Gasteiger charge is 2.64. The lowest BCUT2D eigenvalue weighted by atomic mass is 9.57. The van der Waals surface area contributed by atoms with Gasteiger partial charge in [0, 0.05) is 31.3 Å². The van der Waals surface area contributed by atoms with Crippen LogP contribution < -0.4 is 16.4 Å². The Balaban J connectivity index is 1.81. The second kappa shape index (κ2) is 7.55. The van der Waals surface area contributed by atoms with E-state index in [1.807, 2.05) is 0 Å². The topological polar surface area (TPSA) is 190 Å². The maximum absolute atomic E-state index is 13.9. The molecule has 3 aliphatic carbocycles. The molecule has 2 aromatic rings. The second-order valence-corrected chi connectivity index (χ2v) is 10.00. The van der Waals surface area contributed by atoms with Gasteiger partial charge in [-0.05, 0) is 44.5 Å². The molecular weight excluding hydrogens is 472 g/mol. The molecule has 4 atom stereocenters. The molecule has 6 N–H and O–H groups in total. The molecule has 190 valence electrons. The van der Waals surface area contributed by atoms with E-state index in [1.54, 1.807) is 39.2 Å². The molecule has 3 aliphatic rings. The van der Waals surface area contributed by atoms with Gasteiger partial charge in [0.2, 0.25) is 5.78 Å². The minimum absolute atomic E-state index is 0.0355. The summed E-state index contributed by atoms with van der Waals surface area (Å²) in [7, 11) is 6.69. The average Bonchev–Trinajstić information content (AvgIpc) is 3.14. The number of aromatic nitrogens is 1. The second-order valence-electron chi connectivity index (χ2n) is 10.00. The molecule has 0 aliphatic heterocycles. The van der Waals surface area contributed by atoms with Gasteiger partial charge in [0.1, 0.15) is 17.1 Å². The minimum Gasteiger partial charge on any atom is -0.508 e. The van der Waals surface area contributed by atoms with E-state index < -0.39 is 63.8 Å². The summed E-state index contributed by atoms with van der Waals surface area (Å²) in [6, 6.07) is 0.583. The molecule has 1 fully saturated rings. The summed E-state index contributed by atoms with van der Waals surface area (Å²) >= 11 is 0. The van der Waals surface area contributed by atoms with Crippen molar-refractivity contribution in [3.05, 3.63) is 44.6 Å². The Morgan fingerprint density at radius 3 is 2.44 bits per heavy atom. The number of carbonyl (C=O) groups is 3. The Labute approximate surface area is 204 Å². The van der Waals surface area contributed by atoms with Crippen LogP contribution in [0.25, 0.3) is 16.9 Å². The summed E-state index contributed by atoms with van der Waals surface area (Å²) < 4.78 is 5.28. The van der Waals surface area contributed by atoms with Crippen LogP contribution in [0.15, 0.2) is 32.2 Å². The van der Waals surface area contributed by atoms with Crippen LogP contribution in [0.1, 0.15) is 17.5 Å². The van der Waals surface area contributed by atoms with Crippen LogP contribution in [-0.2, 0) is 20.8 Å². The van der Waals surface area contributed by atoms with Crippen molar-refractivity contribution < 1.29 is 34.1 Å². The highest BCUT2D eigenvalue weighted by Crippen LogP contribution is 2.53. The van der Waals surface area contributed by atoms with Gasteiger partial charge in [-0.1, -0.05) is 0 Å². The van der Waals surface area contributed by atoms with E-state index in [0.717, 1.165) is 0 Å². The molecule has 0 radical (unpaired) electrons. The normalized spacial score (nSPS) is 27.9. The largest absolute Gasteiger partial charge is 0.508 e. The maximum atomic E-state index is 13.9. The van der Waals surface area contributed by atoms with Gasteiger partial charge in [0.05, 0.1) is 17.1 Å². The number of anilines is 1. The van der Waals surface area contributed by atoms with Crippen molar-refractivity contribution in [2.75, 3.05) is 33.1 Å². The number of ketones is 2. The van der Waals surface area contributed by atoms with E-state index in [0.29, 0.717) is 16.8 Å². The van der Waals surface area contributed by atoms with Crippen molar-refractivity contribution in [3.8, 4) is 0 Å². The number of hydrogen-bond donors (Lipinski definition) is 5. The summed E-state index contributed by atoms with van der Waals surface area (Å²) in [4.78, 5) is 56.9. The summed E-state index contributed by atoms with van der Waals surface area (Å²) in [5, 5.41) is 34.0. The van der Waals surface area contributed by atoms with Gasteiger partial charge in [-0.15, -0.1) is 0 Å². The number of aliphatic hydroxyl groups excluding tert-OH is 2. The molecule has 0 spiro atoms. The number of aliphatic hydroxyl groups is 3. The van der Waals surface area contributed by atoms with Crippen LogP contribution in [0.5, 0.6) is 0 Å². The van der Waals surface area contributed by atoms with Crippen LogP contribution >= 0.6 is 0 Å². The van der Waals surface area contributed by atoms with Crippen LogP contribution in [0.4, 0.5) is 5.69 Å². The van der Waals surface area contributed by atoms with Gasteiger partial charge in [0.25, 0.3) is 5.91 Å². The Morgan fingerprint density at radius 2 is 1.86 bits per heavy atom. The fraction of sp³-hybridized carbons (Fsp3) is 0.417. The number of carbonyl (C=O) groups excluding carboxylic acids is 3. The first-order valence-electron chi connectivity index (χ1n) is 11.3. The van der Waals surface area contributed by atoms with E-state index in [9.17, 15) is 34.5 Å². The summed E-state index contributed by atoms with van der Waals surface area (Å²) in [5.41, 5.74) is 3.44.